The van der Waals surface area contributed by atoms with Crippen molar-refractivity contribution in [2.24, 2.45) is 12.0 Å². The predicted molar refractivity (Wildman–Crippen MR) is 133 cm³/mol. The van der Waals surface area contributed by atoms with E-state index in [1.807, 2.05) is 55.0 Å². The molecule has 1 amide bonds. The van der Waals surface area contributed by atoms with E-state index in [4.69, 9.17) is 4.99 Å². The molecule has 2 N–H and O–H groups in total. The van der Waals surface area contributed by atoms with Gasteiger partial charge in [0.15, 0.2) is 5.96 Å². The Hall–Kier alpha value is -2.40. The number of hydrogen-bond acceptors (Lipinski definition) is 4. The van der Waals surface area contributed by atoms with Gasteiger partial charge in [-0.2, -0.15) is 5.10 Å². The minimum Gasteiger partial charge on any atom is -0.351 e. The minimum absolute atomic E-state index is 0. The second kappa shape index (κ2) is 11.7. The van der Waals surface area contributed by atoms with Crippen LogP contribution < -0.4 is 10.6 Å². The van der Waals surface area contributed by atoms with Gasteiger partial charge >= 0.3 is 0 Å². The third kappa shape index (κ3) is 6.84. The monoisotopic (exact) mass is 538 g/mol. The van der Waals surface area contributed by atoms with Crippen molar-refractivity contribution in [2.75, 3.05) is 20.6 Å². The molecule has 3 aromatic rings. The number of carbonyl (C=O) groups is 1. The molecule has 0 aliphatic rings. The molecule has 0 saturated heterocycles. The van der Waals surface area contributed by atoms with Crippen LogP contribution in [0.2, 0.25) is 0 Å². The molecule has 0 unspecified atom stereocenters. The van der Waals surface area contributed by atoms with Gasteiger partial charge in [-0.25, -0.2) is 4.99 Å². The summed E-state index contributed by atoms with van der Waals surface area (Å²) in [6.45, 7) is 1.29. The summed E-state index contributed by atoms with van der Waals surface area (Å²) in [6.07, 6.45) is 1.98. The van der Waals surface area contributed by atoms with E-state index < -0.39 is 0 Å². The SMILES string of the molecule is CN(C)C(=O)CNC(=NCc1cn(C)nc1-c1ccccc1)NCc1cccs1.I. The highest BCUT2D eigenvalue weighted by atomic mass is 127. The van der Waals surface area contributed by atoms with Crippen LogP contribution in [0.15, 0.2) is 59.0 Å². The zero-order chi connectivity index (χ0) is 20.6. The first-order valence-electron chi connectivity index (χ1n) is 9.35. The molecule has 0 bridgehead atoms. The summed E-state index contributed by atoms with van der Waals surface area (Å²) in [5.74, 6) is 0.582. The van der Waals surface area contributed by atoms with Crippen LogP contribution in [0.4, 0.5) is 0 Å². The van der Waals surface area contributed by atoms with Crippen molar-refractivity contribution in [1.29, 1.82) is 0 Å². The van der Waals surface area contributed by atoms with Crippen molar-refractivity contribution in [3.05, 3.63) is 64.5 Å². The number of halogens is 1. The summed E-state index contributed by atoms with van der Waals surface area (Å²) in [5.41, 5.74) is 3.00. The number of aromatic nitrogens is 2. The van der Waals surface area contributed by atoms with Crippen LogP contribution in [-0.4, -0.2) is 47.2 Å². The second-order valence-electron chi connectivity index (χ2n) is 6.78. The number of rotatable bonds is 7. The van der Waals surface area contributed by atoms with E-state index in [0.29, 0.717) is 19.0 Å². The summed E-state index contributed by atoms with van der Waals surface area (Å²) in [4.78, 5) is 19.4. The number of nitrogens with one attached hydrogen (secondary N) is 2. The second-order valence-corrected chi connectivity index (χ2v) is 7.81. The van der Waals surface area contributed by atoms with Crippen LogP contribution in [0.5, 0.6) is 0 Å². The Morgan fingerprint density at radius 3 is 2.60 bits per heavy atom. The Kier molecular flexibility index (Phi) is 9.31. The molecule has 0 atom stereocenters. The van der Waals surface area contributed by atoms with Gasteiger partial charge in [-0.15, -0.1) is 35.3 Å². The molecular formula is C21H27IN6OS. The maximum absolute atomic E-state index is 12.0. The standard InChI is InChI=1S/C21H26N6OS.HI/c1-26(2)19(28)14-24-21(23-13-18-10-7-11-29-18)22-12-17-15-27(3)25-20(17)16-8-5-4-6-9-16;/h4-11,15H,12-14H2,1-3H3,(H2,22,23,24);1H. The first-order valence-corrected chi connectivity index (χ1v) is 10.2. The molecule has 0 radical (unpaired) electrons. The van der Waals surface area contributed by atoms with Crippen molar-refractivity contribution < 1.29 is 4.79 Å². The molecule has 160 valence electrons. The van der Waals surface area contributed by atoms with Gasteiger partial charge < -0.3 is 15.5 Å². The highest BCUT2D eigenvalue weighted by Crippen LogP contribution is 2.22. The topological polar surface area (TPSA) is 74.5 Å². The van der Waals surface area contributed by atoms with E-state index in [1.54, 1.807) is 35.0 Å². The summed E-state index contributed by atoms with van der Waals surface area (Å²) in [7, 11) is 5.38. The first kappa shape index (κ1) is 23.9. The number of carbonyl (C=O) groups excluding carboxylic acids is 1. The smallest absolute Gasteiger partial charge is 0.241 e. The Bertz CT molecular complexity index is 953. The molecule has 9 heteroatoms. The molecule has 0 saturated carbocycles. The Morgan fingerprint density at radius 2 is 1.93 bits per heavy atom. The van der Waals surface area contributed by atoms with Crippen LogP contribution in [0.25, 0.3) is 11.3 Å². The maximum Gasteiger partial charge on any atom is 0.241 e. The molecule has 1 aromatic carbocycles. The van der Waals surface area contributed by atoms with E-state index >= 15 is 0 Å². The number of thiophene rings is 1. The molecule has 0 spiro atoms. The first-order chi connectivity index (χ1) is 14.0. The van der Waals surface area contributed by atoms with Gasteiger partial charge in [0, 0.05) is 43.3 Å². The number of aryl methyl sites for hydroxylation is 1. The molecule has 7 nitrogen and oxygen atoms in total. The van der Waals surface area contributed by atoms with E-state index in [2.05, 4.69) is 21.8 Å². The number of aliphatic imine (C=N–C) groups is 1. The number of benzene rings is 1. The average molecular weight is 538 g/mol. The van der Waals surface area contributed by atoms with Crippen LogP contribution in [-0.2, 0) is 24.9 Å². The van der Waals surface area contributed by atoms with Crippen molar-refractivity contribution in [2.45, 2.75) is 13.1 Å². The van der Waals surface area contributed by atoms with E-state index in [0.717, 1.165) is 16.8 Å². The lowest BCUT2D eigenvalue weighted by molar-refractivity contribution is -0.127. The van der Waals surface area contributed by atoms with Gasteiger partial charge in [0.1, 0.15) is 0 Å². The number of nitrogens with zero attached hydrogens (tertiary/aromatic N) is 4. The van der Waals surface area contributed by atoms with Crippen LogP contribution in [0, 0.1) is 0 Å². The number of hydrogen-bond donors (Lipinski definition) is 2. The van der Waals surface area contributed by atoms with Crippen molar-refractivity contribution in [3.8, 4) is 11.3 Å². The summed E-state index contributed by atoms with van der Waals surface area (Å²) >= 11 is 1.68. The molecule has 30 heavy (non-hydrogen) atoms. The Morgan fingerprint density at radius 1 is 1.17 bits per heavy atom. The Balaban J connectivity index is 0.00000320. The van der Waals surface area contributed by atoms with Crippen LogP contribution >= 0.6 is 35.3 Å². The quantitative estimate of drug-likeness (QED) is 0.276. The van der Waals surface area contributed by atoms with Gasteiger partial charge in [-0.05, 0) is 11.4 Å². The largest absolute Gasteiger partial charge is 0.351 e. The lowest BCUT2D eigenvalue weighted by atomic mass is 10.1. The zero-order valence-electron chi connectivity index (χ0n) is 17.3. The molecule has 2 heterocycles. The molecule has 0 aliphatic heterocycles. The summed E-state index contributed by atoms with van der Waals surface area (Å²) in [5, 5.41) is 13.1. The highest BCUT2D eigenvalue weighted by molar-refractivity contribution is 14.0. The van der Waals surface area contributed by atoms with E-state index in [9.17, 15) is 4.79 Å². The molecule has 0 aliphatic carbocycles. The summed E-state index contributed by atoms with van der Waals surface area (Å²) < 4.78 is 1.80. The third-order valence-corrected chi connectivity index (χ3v) is 5.15. The number of likely N-dealkylation sites (N-methyl/N-ethyl adjacent to an activating group) is 1. The van der Waals surface area contributed by atoms with Gasteiger partial charge in [0.05, 0.1) is 25.3 Å². The van der Waals surface area contributed by atoms with Gasteiger partial charge in [-0.1, -0.05) is 36.4 Å². The van der Waals surface area contributed by atoms with Crippen molar-refractivity contribution in [3.63, 3.8) is 0 Å². The number of amides is 1. The maximum atomic E-state index is 12.0. The van der Waals surface area contributed by atoms with Gasteiger partial charge in [-0.3, -0.25) is 9.48 Å². The highest BCUT2D eigenvalue weighted by Gasteiger charge is 2.11. The average Bonchev–Trinajstić information content (AvgIpc) is 3.37. The minimum atomic E-state index is -0.0121. The van der Waals surface area contributed by atoms with Gasteiger partial charge in [0.2, 0.25) is 5.91 Å². The summed E-state index contributed by atoms with van der Waals surface area (Å²) in [6, 6.07) is 14.2. The van der Waals surface area contributed by atoms with Gasteiger partial charge in [0.25, 0.3) is 0 Å². The van der Waals surface area contributed by atoms with Crippen LogP contribution in [0.3, 0.4) is 0 Å². The number of guanidine groups is 1. The van der Waals surface area contributed by atoms with E-state index in [1.165, 1.54) is 4.88 Å². The van der Waals surface area contributed by atoms with Crippen LogP contribution in [0.1, 0.15) is 10.4 Å². The molecular weight excluding hydrogens is 511 g/mol. The molecule has 0 fully saturated rings. The fourth-order valence-electron chi connectivity index (χ4n) is 2.73. The fourth-order valence-corrected chi connectivity index (χ4v) is 3.38. The molecule has 2 aromatic heterocycles. The van der Waals surface area contributed by atoms with Crippen molar-refractivity contribution >= 4 is 47.2 Å². The lowest BCUT2D eigenvalue weighted by Gasteiger charge is -2.14. The zero-order valence-corrected chi connectivity index (χ0v) is 20.5. The molecule has 3 rings (SSSR count). The Labute approximate surface area is 198 Å². The van der Waals surface area contributed by atoms with Crippen molar-refractivity contribution in [1.82, 2.24) is 25.3 Å². The predicted octanol–water partition coefficient (Wildman–Crippen LogP) is 3.09. The normalized spacial score (nSPS) is 11.0. The fraction of sp³-hybridized carbons (Fsp3) is 0.286. The van der Waals surface area contributed by atoms with E-state index in [-0.39, 0.29) is 36.4 Å². The lowest BCUT2D eigenvalue weighted by Crippen LogP contribution is -2.42. The third-order valence-electron chi connectivity index (χ3n) is 4.28.